The molecular weight excluding hydrogens is 330 g/mol. The fourth-order valence-electron chi connectivity index (χ4n) is 4.52. The van der Waals surface area contributed by atoms with E-state index in [0.29, 0.717) is 24.8 Å². The van der Waals surface area contributed by atoms with Crippen LogP contribution < -0.4 is 0 Å². The Hall–Kier alpha value is -1.14. The van der Waals surface area contributed by atoms with Gasteiger partial charge in [0.1, 0.15) is 0 Å². The Morgan fingerprint density at radius 1 is 1.15 bits per heavy atom. The molecule has 0 aromatic carbocycles. The molecule has 3 saturated heterocycles. The quantitative estimate of drug-likeness (QED) is 0.743. The van der Waals surface area contributed by atoms with Crippen molar-refractivity contribution in [1.29, 1.82) is 0 Å². The van der Waals surface area contributed by atoms with Crippen LogP contribution in [-0.4, -0.2) is 85.5 Å². The Balaban J connectivity index is 1.57. The van der Waals surface area contributed by atoms with Crippen LogP contribution in [0.15, 0.2) is 0 Å². The van der Waals surface area contributed by atoms with Crippen LogP contribution in [0.4, 0.5) is 0 Å². The van der Waals surface area contributed by atoms with E-state index in [-0.39, 0.29) is 11.3 Å². The topological polar surface area (TPSA) is 53.1 Å². The third-order valence-electron chi connectivity index (χ3n) is 6.20. The fourth-order valence-corrected chi connectivity index (χ4v) is 4.52. The maximum Gasteiger partial charge on any atom is 0.236 e. The average Bonchev–Trinajstić information content (AvgIpc) is 2.63. The molecule has 1 atom stereocenters. The monoisotopic (exact) mass is 365 g/mol. The van der Waals surface area contributed by atoms with E-state index in [0.717, 1.165) is 78.2 Å². The summed E-state index contributed by atoms with van der Waals surface area (Å²) in [6, 6.07) is 0. The van der Waals surface area contributed by atoms with E-state index >= 15 is 0 Å². The second-order valence-electron chi connectivity index (χ2n) is 8.81. The Labute approximate surface area is 157 Å². The van der Waals surface area contributed by atoms with Gasteiger partial charge in [-0.15, -0.1) is 0 Å². The number of morpholine rings is 1. The summed E-state index contributed by atoms with van der Waals surface area (Å²) in [6.07, 6.45) is 4.83. The van der Waals surface area contributed by atoms with Gasteiger partial charge in [0.15, 0.2) is 0 Å². The lowest BCUT2D eigenvalue weighted by atomic mass is 9.73. The highest BCUT2D eigenvalue weighted by Crippen LogP contribution is 2.39. The Morgan fingerprint density at radius 3 is 2.65 bits per heavy atom. The number of piperidine rings is 2. The van der Waals surface area contributed by atoms with E-state index in [9.17, 15) is 9.59 Å². The van der Waals surface area contributed by atoms with Gasteiger partial charge in [-0.05, 0) is 31.6 Å². The number of rotatable bonds is 5. The van der Waals surface area contributed by atoms with E-state index < -0.39 is 0 Å². The molecule has 3 aliphatic heterocycles. The second-order valence-corrected chi connectivity index (χ2v) is 8.81. The van der Waals surface area contributed by atoms with Gasteiger partial charge in [0.25, 0.3) is 0 Å². The van der Waals surface area contributed by atoms with Crippen molar-refractivity contribution in [3.8, 4) is 0 Å². The molecule has 148 valence electrons. The van der Waals surface area contributed by atoms with Gasteiger partial charge in [-0.3, -0.25) is 14.5 Å². The van der Waals surface area contributed by atoms with Gasteiger partial charge in [-0.25, -0.2) is 0 Å². The summed E-state index contributed by atoms with van der Waals surface area (Å²) in [5, 5.41) is 0. The summed E-state index contributed by atoms with van der Waals surface area (Å²) >= 11 is 0. The maximum absolute atomic E-state index is 12.8. The molecule has 2 amide bonds. The molecule has 0 aromatic rings. The van der Waals surface area contributed by atoms with Gasteiger partial charge >= 0.3 is 0 Å². The van der Waals surface area contributed by atoms with Crippen molar-refractivity contribution >= 4 is 11.8 Å². The lowest BCUT2D eigenvalue weighted by molar-refractivity contribution is -0.144. The summed E-state index contributed by atoms with van der Waals surface area (Å²) in [7, 11) is 0. The van der Waals surface area contributed by atoms with Gasteiger partial charge < -0.3 is 14.5 Å². The standard InChI is InChI=1S/C20H35N3O3/c1-17(2)5-9-23-16-20(7-4-18(23)24)6-3-8-22(15-20)19(25)14-21-10-12-26-13-11-21/h17H,3-16H2,1-2H3. The van der Waals surface area contributed by atoms with Crippen molar-refractivity contribution in [2.45, 2.75) is 46.0 Å². The lowest BCUT2D eigenvalue weighted by Crippen LogP contribution is -2.56. The SMILES string of the molecule is CC(C)CCN1CC2(CCCN(C(=O)CN3CCOCC3)C2)CCC1=O. The van der Waals surface area contributed by atoms with Crippen LogP contribution in [0.25, 0.3) is 0 Å². The molecule has 3 fully saturated rings. The molecule has 0 radical (unpaired) electrons. The van der Waals surface area contributed by atoms with Crippen molar-refractivity contribution in [2.75, 3.05) is 59.0 Å². The molecule has 0 N–H and O–H groups in total. The largest absolute Gasteiger partial charge is 0.379 e. The van der Waals surface area contributed by atoms with E-state index in [1.165, 1.54) is 0 Å². The maximum atomic E-state index is 12.8. The second kappa shape index (κ2) is 8.70. The normalized spacial score (nSPS) is 28.2. The Bertz CT molecular complexity index is 505. The Morgan fingerprint density at radius 2 is 1.92 bits per heavy atom. The van der Waals surface area contributed by atoms with Gasteiger partial charge in [-0.1, -0.05) is 13.8 Å². The van der Waals surface area contributed by atoms with E-state index in [1.807, 2.05) is 0 Å². The summed E-state index contributed by atoms with van der Waals surface area (Å²) in [4.78, 5) is 31.5. The van der Waals surface area contributed by atoms with Crippen LogP contribution in [-0.2, 0) is 14.3 Å². The third-order valence-corrected chi connectivity index (χ3v) is 6.20. The number of carbonyl (C=O) groups is 2. The van der Waals surface area contributed by atoms with Crippen LogP contribution in [0.2, 0.25) is 0 Å². The summed E-state index contributed by atoms with van der Waals surface area (Å²) in [6.45, 7) is 11.5. The van der Waals surface area contributed by atoms with E-state index in [2.05, 4.69) is 28.5 Å². The number of likely N-dealkylation sites (tertiary alicyclic amines) is 2. The number of amides is 2. The zero-order valence-electron chi connectivity index (χ0n) is 16.5. The first-order valence-electron chi connectivity index (χ1n) is 10.3. The summed E-state index contributed by atoms with van der Waals surface area (Å²) < 4.78 is 5.37. The van der Waals surface area contributed by atoms with Gasteiger partial charge in [-0.2, -0.15) is 0 Å². The molecule has 0 aromatic heterocycles. The highest BCUT2D eigenvalue weighted by molar-refractivity contribution is 5.79. The van der Waals surface area contributed by atoms with Crippen LogP contribution >= 0.6 is 0 Å². The lowest BCUT2D eigenvalue weighted by Gasteiger charge is -2.48. The van der Waals surface area contributed by atoms with Crippen molar-refractivity contribution in [3.63, 3.8) is 0 Å². The first-order valence-corrected chi connectivity index (χ1v) is 10.3. The minimum absolute atomic E-state index is 0.115. The van der Waals surface area contributed by atoms with Crippen LogP contribution in [0, 0.1) is 11.3 Å². The number of hydrogen-bond donors (Lipinski definition) is 0. The van der Waals surface area contributed by atoms with Crippen molar-refractivity contribution in [2.24, 2.45) is 11.3 Å². The zero-order valence-corrected chi connectivity index (χ0v) is 16.5. The predicted molar refractivity (Wildman–Crippen MR) is 101 cm³/mol. The smallest absolute Gasteiger partial charge is 0.236 e. The fraction of sp³-hybridized carbons (Fsp3) is 0.900. The molecular formula is C20H35N3O3. The van der Waals surface area contributed by atoms with E-state index in [1.54, 1.807) is 0 Å². The van der Waals surface area contributed by atoms with Crippen LogP contribution in [0.3, 0.4) is 0 Å². The third kappa shape index (κ3) is 4.97. The molecule has 3 aliphatic rings. The highest BCUT2D eigenvalue weighted by atomic mass is 16.5. The molecule has 3 heterocycles. The van der Waals surface area contributed by atoms with Crippen molar-refractivity contribution in [1.82, 2.24) is 14.7 Å². The number of nitrogens with zero attached hydrogens (tertiary/aromatic N) is 3. The number of ether oxygens (including phenoxy) is 1. The predicted octanol–water partition coefficient (Wildman–Crippen LogP) is 1.60. The molecule has 3 rings (SSSR count). The van der Waals surface area contributed by atoms with Gasteiger partial charge in [0.05, 0.1) is 19.8 Å². The molecule has 1 unspecified atom stereocenters. The molecule has 0 bridgehead atoms. The van der Waals surface area contributed by atoms with Crippen LogP contribution in [0.1, 0.15) is 46.0 Å². The summed E-state index contributed by atoms with van der Waals surface area (Å²) in [5.74, 6) is 1.16. The molecule has 0 saturated carbocycles. The Kier molecular flexibility index (Phi) is 6.56. The van der Waals surface area contributed by atoms with Gasteiger partial charge in [0.2, 0.25) is 11.8 Å². The van der Waals surface area contributed by atoms with Crippen molar-refractivity contribution in [3.05, 3.63) is 0 Å². The number of hydrogen-bond acceptors (Lipinski definition) is 4. The number of carbonyl (C=O) groups excluding carboxylic acids is 2. The average molecular weight is 366 g/mol. The zero-order chi connectivity index (χ0) is 18.6. The molecule has 6 heteroatoms. The molecule has 1 spiro atoms. The summed E-state index contributed by atoms with van der Waals surface area (Å²) in [5.41, 5.74) is 0.115. The molecule has 6 nitrogen and oxygen atoms in total. The first-order chi connectivity index (χ1) is 12.5. The highest BCUT2D eigenvalue weighted by Gasteiger charge is 2.42. The van der Waals surface area contributed by atoms with Crippen LogP contribution in [0.5, 0.6) is 0 Å². The molecule has 26 heavy (non-hydrogen) atoms. The first kappa shape index (κ1) is 19.6. The minimum Gasteiger partial charge on any atom is -0.379 e. The molecule has 0 aliphatic carbocycles. The van der Waals surface area contributed by atoms with Crippen molar-refractivity contribution < 1.29 is 14.3 Å². The van der Waals surface area contributed by atoms with E-state index in [4.69, 9.17) is 4.74 Å². The van der Waals surface area contributed by atoms with Gasteiger partial charge in [0, 0.05) is 51.1 Å². The minimum atomic E-state index is 0.115.